The monoisotopic (exact) mass is 180 g/mol. The van der Waals surface area contributed by atoms with Gasteiger partial charge in [-0.15, -0.1) is 0 Å². The molecule has 1 amide bonds. The smallest absolute Gasteiger partial charge is 0.226 e. The van der Waals surface area contributed by atoms with E-state index in [0.29, 0.717) is 6.42 Å². The average molecular weight is 180 g/mol. The minimum Gasteiger partial charge on any atom is -0.342 e. The lowest BCUT2D eigenvalue weighted by Crippen LogP contribution is -2.38. The van der Waals surface area contributed by atoms with Crippen LogP contribution in [0.2, 0.25) is 0 Å². The van der Waals surface area contributed by atoms with E-state index in [1.165, 1.54) is 6.42 Å². The fourth-order valence-electron chi connectivity index (χ4n) is 1.65. The second-order valence-corrected chi connectivity index (χ2v) is 3.65. The van der Waals surface area contributed by atoms with Crippen LogP contribution in [-0.2, 0) is 4.79 Å². The molecule has 3 heteroatoms. The van der Waals surface area contributed by atoms with Gasteiger partial charge in [0.15, 0.2) is 0 Å². The Morgan fingerprint density at radius 3 is 2.62 bits per heavy atom. The minimum absolute atomic E-state index is 0.122. The molecule has 1 rings (SSSR count). The molecule has 1 heterocycles. The third-order valence-corrected chi connectivity index (χ3v) is 2.49. The van der Waals surface area contributed by atoms with Crippen LogP contribution in [0.25, 0.3) is 0 Å². The topological polar surface area (TPSA) is 44.1 Å². The molecule has 0 aliphatic carbocycles. The van der Waals surface area contributed by atoms with Crippen molar-refractivity contribution >= 4 is 5.91 Å². The van der Waals surface area contributed by atoms with Crippen molar-refractivity contribution in [1.82, 2.24) is 4.90 Å². The molecule has 0 aromatic heterocycles. The molecular formula is C10H16N2O. The highest BCUT2D eigenvalue weighted by atomic mass is 16.2. The van der Waals surface area contributed by atoms with Crippen LogP contribution < -0.4 is 0 Å². The van der Waals surface area contributed by atoms with Gasteiger partial charge in [0.2, 0.25) is 5.91 Å². The van der Waals surface area contributed by atoms with Crippen LogP contribution in [0.15, 0.2) is 0 Å². The van der Waals surface area contributed by atoms with Crippen LogP contribution in [0, 0.1) is 17.2 Å². The Labute approximate surface area is 79.3 Å². The fourth-order valence-corrected chi connectivity index (χ4v) is 1.65. The number of nitrogens with zero attached hydrogens (tertiary/aromatic N) is 2. The van der Waals surface area contributed by atoms with Crippen LogP contribution >= 0.6 is 0 Å². The van der Waals surface area contributed by atoms with Crippen molar-refractivity contribution in [1.29, 1.82) is 5.26 Å². The van der Waals surface area contributed by atoms with Gasteiger partial charge >= 0.3 is 0 Å². The number of rotatable bonds is 2. The van der Waals surface area contributed by atoms with Crippen LogP contribution in [0.4, 0.5) is 0 Å². The molecular weight excluding hydrogens is 164 g/mol. The van der Waals surface area contributed by atoms with E-state index in [-0.39, 0.29) is 11.8 Å². The number of hydrogen-bond acceptors (Lipinski definition) is 2. The van der Waals surface area contributed by atoms with E-state index >= 15 is 0 Å². The lowest BCUT2D eigenvalue weighted by Gasteiger charge is -2.28. The summed E-state index contributed by atoms with van der Waals surface area (Å²) in [5.74, 6) is 0.0318. The maximum Gasteiger partial charge on any atom is 0.226 e. The second-order valence-electron chi connectivity index (χ2n) is 3.65. The molecule has 0 aromatic carbocycles. The molecule has 0 radical (unpaired) electrons. The van der Waals surface area contributed by atoms with Gasteiger partial charge in [0.25, 0.3) is 0 Å². The van der Waals surface area contributed by atoms with Crippen molar-refractivity contribution in [3.63, 3.8) is 0 Å². The number of carbonyl (C=O) groups excluding carboxylic acids is 1. The largest absolute Gasteiger partial charge is 0.342 e. The van der Waals surface area contributed by atoms with Gasteiger partial charge < -0.3 is 4.90 Å². The number of carbonyl (C=O) groups is 1. The van der Waals surface area contributed by atoms with E-state index in [2.05, 4.69) is 0 Å². The van der Waals surface area contributed by atoms with Gasteiger partial charge in [0.1, 0.15) is 0 Å². The Kier molecular flexibility index (Phi) is 3.75. The van der Waals surface area contributed by atoms with E-state index in [1.54, 1.807) is 0 Å². The summed E-state index contributed by atoms with van der Waals surface area (Å²) in [5.41, 5.74) is 0. The quantitative estimate of drug-likeness (QED) is 0.647. The van der Waals surface area contributed by atoms with Gasteiger partial charge in [-0.05, 0) is 19.3 Å². The van der Waals surface area contributed by atoms with E-state index in [1.807, 2.05) is 17.9 Å². The molecule has 1 unspecified atom stereocenters. The van der Waals surface area contributed by atoms with Gasteiger partial charge in [0, 0.05) is 25.4 Å². The van der Waals surface area contributed by atoms with E-state index in [9.17, 15) is 4.79 Å². The maximum atomic E-state index is 11.7. The van der Waals surface area contributed by atoms with Gasteiger partial charge in [-0.2, -0.15) is 5.26 Å². The number of piperidine rings is 1. The van der Waals surface area contributed by atoms with Crippen LogP contribution in [0.5, 0.6) is 0 Å². The summed E-state index contributed by atoms with van der Waals surface area (Å²) < 4.78 is 0. The first-order valence-corrected chi connectivity index (χ1v) is 4.91. The van der Waals surface area contributed by atoms with Gasteiger partial charge in [-0.1, -0.05) is 6.92 Å². The zero-order chi connectivity index (χ0) is 9.68. The first-order valence-electron chi connectivity index (χ1n) is 4.91. The number of hydrogen-bond donors (Lipinski definition) is 0. The SMILES string of the molecule is CC(CC#N)C(=O)N1CCCCC1. The summed E-state index contributed by atoms with van der Waals surface area (Å²) in [7, 11) is 0. The second kappa shape index (κ2) is 4.86. The average Bonchev–Trinajstić information content (AvgIpc) is 2.18. The van der Waals surface area contributed by atoms with E-state index < -0.39 is 0 Å². The molecule has 0 bridgehead atoms. The highest BCUT2D eigenvalue weighted by Gasteiger charge is 2.21. The molecule has 1 atom stereocenters. The first kappa shape index (κ1) is 10.0. The number of nitriles is 1. The lowest BCUT2D eigenvalue weighted by atomic mass is 10.0. The predicted octanol–water partition coefficient (Wildman–Crippen LogP) is 1.55. The first-order chi connectivity index (χ1) is 6.25. The summed E-state index contributed by atoms with van der Waals surface area (Å²) >= 11 is 0. The normalized spacial score (nSPS) is 19.2. The molecule has 1 aliphatic heterocycles. The van der Waals surface area contributed by atoms with Crippen LogP contribution in [0.1, 0.15) is 32.6 Å². The van der Waals surface area contributed by atoms with Gasteiger partial charge in [-0.25, -0.2) is 0 Å². The van der Waals surface area contributed by atoms with E-state index in [4.69, 9.17) is 5.26 Å². The zero-order valence-electron chi connectivity index (χ0n) is 8.12. The Morgan fingerprint density at radius 1 is 1.46 bits per heavy atom. The molecule has 3 nitrogen and oxygen atoms in total. The van der Waals surface area contributed by atoms with Crippen molar-refractivity contribution in [3.05, 3.63) is 0 Å². The summed E-state index contributed by atoms with van der Waals surface area (Å²) in [5, 5.41) is 8.46. The van der Waals surface area contributed by atoms with E-state index in [0.717, 1.165) is 25.9 Å². The van der Waals surface area contributed by atoms with Crippen molar-refractivity contribution in [3.8, 4) is 6.07 Å². The van der Waals surface area contributed by atoms with Gasteiger partial charge in [0.05, 0.1) is 6.07 Å². The molecule has 0 aromatic rings. The maximum absolute atomic E-state index is 11.7. The lowest BCUT2D eigenvalue weighted by molar-refractivity contribution is -0.135. The molecule has 0 N–H and O–H groups in total. The van der Waals surface area contributed by atoms with Crippen molar-refractivity contribution in [2.75, 3.05) is 13.1 Å². The summed E-state index contributed by atoms with van der Waals surface area (Å²) in [6.07, 6.45) is 3.81. The van der Waals surface area contributed by atoms with Crippen LogP contribution in [0.3, 0.4) is 0 Å². The summed E-state index contributed by atoms with van der Waals surface area (Å²) in [6.45, 7) is 3.60. The predicted molar refractivity (Wildman–Crippen MR) is 49.8 cm³/mol. The molecule has 13 heavy (non-hydrogen) atoms. The van der Waals surface area contributed by atoms with Crippen LogP contribution in [-0.4, -0.2) is 23.9 Å². The number of amides is 1. The minimum atomic E-state index is -0.122. The standard InChI is InChI=1S/C10H16N2O/c1-9(5-6-11)10(13)12-7-3-2-4-8-12/h9H,2-5,7-8H2,1H3. The highest BCUT2D eigenvalue weighted by molar-refractivity contribution is 5.78. The molecule has 1 aliphatic rings. The molecule has 72 valence electrons. The Hall–Kier alpha value is -1.04. The summed E-state index contributed by atoms with van der Waals surface area (Å²) in [4.78, 5) is 13.6. The molecule has 0 spiro atoms. The molecule has 0 saturated carbocycles. The summed E-state index contributed by atoms with van der Waals surface area (Å²) in [6, 6.07) is 2.04. The number of likely N-dealkylation sites (tertiary alicyclic amines) is 1. The Balaban J connectivity index is 2.41. The van der Waals surface area contributed by atoms with Gasteiger partial charge in [-0.3, -0.25) is 4.79 Å². The Morgan fingerprint density at radius 2 is 2.08 bits per heavy atom. The molecule has 1 fully saturated rings. The third kappa shape index (κ3) is 2.73. The zero-order valence-corrected chi connectivity index (χ0v) is 8.12. The van der Waals surface area contributed by atoms with Crippen molar-refractivity contribution < 1.29 is 4.79 Å². The Bertz CT molecular complexity index is 213. The fraction of sp³-hybridized carbons (Fsp3) is 0.800. The molecule has 1 saturated heterocycles. The van der Waals surface area contributed by atoms with Crippen molar-refractivity contribution in [2.45, 2.75) is 32.6 Å². The third-order valence-electron chi connectivity index (χ3n) is 2.49. The highest BCUT2D eigenvalue weighted by Crippen LogP contribution is 2.13. The van der Waals surface area contributed by atoms with Crippen molar-refractivity contribution in [2.24, 2.45) is 5.92 Å².